The number of aryl methyl sites for hydroxylation is 1. The normalized spacial score (nSPS) is 13.2. The number of rotatable bonds is 5. The van der Waals surface area contributed by atoms with Gasteiger partial charge in [0, 0.05) is 30.9 Å². The summed E-state index contributed by atoms with van der Waals surface area (Å²) in [5, 5.41) is 16.5. The molecule has 0 radical (unpaired) electrons. The molecule has 132 valence electrons. The molecule has 0 amide bonds. The van der Waals surface area contributed by atoms with Crippen LogP contribution < -0.4 is 10.6 Å². The Morgan fingerprint density at radius 3 is 2.96 bits per heavy atom. The number of fused-ring (bicyclic) bond motifs is 1. The zero-order valence-corrected chi connectivity index (χ0v) is 15.6. The molecule has 0 saturated carbocycles. The number of halogens is 1. The summed E-state index contributed by atoms with van der Waals surface area (Å²) in [4.78, 5) is 9.57. The molecule has 3 aromatic heterocycles. The Morgan fingerprint density at radius 2 is 2.24 bits per heavy atom. The Morgan fingerprint density at radius 1 is 1.40 bits per heavy atom. The van der Waals surface area contributed by atoms with Gasteiger partial charge in [0.25, 0.3) is 0 Å². The highest BCUT2D eigenvalue weighted by Crippen LogP contribution is 2.26. The third-order valence-electron chi connectivity index (χ3n) is 3.71. The van der Waals surface area contributed by atoms with Gasteiger partial charge >= 0.3 is 0 Å². The van der Waals surface area contributed by atoms with E-state index in [1.54, 1.807) is 13.1 Å². The molecule has 0 aliphatic rings. The molecule has 6 nitrogen and oxygen atoms in total. The maximum atomic E-state index is 10.2. The van der Waals surface area contributed by atoms with E-state index in [2.05, 4.69) is 20.6 Å². The molecule has 0 saturated heterocycles. The molecule has 0 bridgehead atoms. The molecule has 3 heterocycles. The highest BCUT2D eigenvalue weighted by Gasteiger charge is 2.11. The highest BCUT2D eigenvalue weighted by molar-refractivity contribution is 7.16. The lowest BCUT2D eigenvalue weighted by atomic mass is 10.3. The number of aliphatic imine (C=N–C) groups is 1. The maximum absolute atomic E-state index is 10.2. The Balaban J connectivity index is 1.55. The Hall–Kier alpha value is -2.09. The molecular weight excluding hydrogens is 358 g/mol. The molecule has 1 unspecified atom stereocenters. The van der Waals surface area contributed by atoms with E-state index < -0.39 is 6.10 Å². The van der Waals surface area contributed by atoms with Crippen LogP contribution in [0.4, 0.5) is 0 Å². The first kappa shape index (κ1) is 17.7. The van der Waals surface area contributed by atoms with Crippen LogP contribution in [-0.4, -0.2) is 34.0 Å². The van der Waals surface area contributed by atoms with Gasteiger partial charge in [-0.15, -0.1) is 11.3 Å². The van der Waals surface area contributed by atoms with Crippen molar-refractivity contribution in [2.24, 2.45) is 4.99 Å². The lowest BCUT2D eigenvalue weighted by Crippen LogP contribution is -2.38. The van der Waals surface area contributed by atoms with Crippen molar-refractivity contribution in [2.75, 3.05) is 13.6 Å². The van der Waals surface area contributed by atoms with Crippen molar-refractivity contribution < 1.29 is 5.11 Å². The second kappa shape index (κ2) is 7.86. The van der Waals surface area contributed by atoms with Crippen molar-refractivity contribution in [3.05, 3.63) is 57.1 Å². The van der Waals surface area contributed by atoms with Crippen LogP contribution in [0, 0.1) is 6.92 Å². The monoisotopic (exact) mass is 377 g/mol. The van der Waals surface area contributed by atoms with Gasteiger partial charge in [0.15, 0.2) is 5.96 Å². The minimum Gasteiger partial charge on any atom is -0.386 e. The fraction of sp³-hybridized carbons (Fsp3) is 0.294. The van der Waals surface area contributed by atoms with Crippen LogP contribution in [-0.2, 0) is 6.54 Å². The van der Waals surface area contributed by atoms with Crippen LogP contribution >= 0.6 is 22.9 Å². The summed E-state index contributed by atoms with van der Waals surface area (Å²) in [5.74, 6) is 0.606. The lowest BCUT2D eigenvalue weighted by Gasteiger charge is -2.14. The van der Waals surface area contributed by atoms with E-state index in [1.807, 2.05) is 41.9 Å². The first-order valence-corrected chi connectivity index (χ1v) is 9.06. The quantitative estimate of drug-likeness (QED) is 0.472. The number of thiophene rings is 1. The summed E-state index contributed by atoms with van der Waals surface area (Å²) in [7, 11) is 1.69. The van der Waals surface area contributed by atoms with Gasteiger partial charge in [-0.3, -0.25) is 4.99 Å². The molecular formula is C17H20ClN5OS. The zero-order chi connectivity index (χ0) is 17.8. The number of nitrogens with zero attached hydrogens (tertiary/aromatic N) is 3. The summed E-state index contributed by atoms with van der Waals surface area (Å²) < 4.78 is 2.66. The molecule has 0 spiro atoms. The fourth-order valence-electron chi connectivity index (χ4n) is 2.42. The van der Waals surface area contributed by atoms with Crippen LogP contribution in [0.5, 0.6) is 0 Å². The minimum atomic E-state index is -0.630. The van der Waals surface area contributed by atoms with E-state index in [4.69, 9.17) is 11.6 Å². The Kier molecular flexibility index (Phi) is 5.57. The smallest absolute Gasteiger partial charge is 0.191 e. The van der Waals surface area contributed by atoms with Gasteiger partial charge in [-0.2, -0.15) is 0 Å². The first-order chi connectivity index (χ1) is 12.0. The summed E-state index contributed by atoms with van der Waals surface area (Å²) >= 11 is 7.27. The van der Waals surface area contributed by atoms with E-state index >= 15 is 0 Å². The van der Waals surface area contributed by atoms with E-state index in [0.29, 0.717) is 23.4 Å². The van der Waals surface area contributed by atoms with Gasteiger partial charge in [0.2, 0.25) is 0 Å². The Labute approximate surface area is 155 Å². The third-order valence-corrected chi connectivity index (χ3v) is 5.04. The van der Waals surface area contributed by atoms with Crippen molar-refractivity contribution in [3.63, 3.8) is 0 Å². The SMILES string of the molecule is CN=C(NCc1cn2ccc(C)cc2n1)NCC(O)c1ccc(Cl)s1. The third kappa shape index (κ3) is 4.50. The van der Waals surface area contributed by atoms with Crippen LogP contribution in [0.2, 0.25) is 4.34 Å². The predicted molar refractivity (Wildman–Crippen MR) is 102 cm³/mol. The number of hydrogen-bond donors (Lipinski definition) is 3. The van der Waals surface area contributed by atoms with Crippen molar-refractivity contribution in [3.8, 4) is 0 Å². The van der Waals surface area contributed by atoms with Gasteiger partial charge in [-0.05, 0) is 36.8 Å². The first-order valence-electron chi connectivity index (χ1n) is 7.87. The molecule has 0 aromatic carbocycles. The molecule has 3 N–H and O–H groups in total. The van der Waals surface area contributed by atoms with Crippen LogP contribution in [0.15, 0.2) is 41.7 Å². The van der Waals surface area contributed by atoms with Gasteiger partial charge in [-0.1, -0.05) is 11.6 Å². The second-order valence-electron chi connectivity index (χ2n) is 5.67. The van der Waals surface area contributed by atoms with Crippen molar-refractivity contribution in [2.45, 2.75) is 19.6 Å². The number of nitrogens with one attached hydrogen (secondary N) is 2. The largest absolute Gasteiger partial charge is 0.386 e. The predicted octanol–water partition coefficient (Wildman–Crippen LogP) is 2.76. The van der Waals surface area contributed by atoms with Crippen molar-refractivity contribution in [1.82, 2.24) is 20.0 Å². The van der Waals surface area contributed by atoms with E-state index in [0.717, 1.165) is 16.2 Å². The molecule has 25 heavy (non-hydrogen) atoms. The number of pyridine rings is 1. The Bertz CT molecular complexity index is 888. The zero-order valence-electron chi connectivity index (χ0n) is 14.0. The summed E-state index contributed by atoms with van der Waals surface area (Å²) in [6.07, 6.45) is 3.35. The van der Waals surface area contributed by atoms with Gasteiger partial charge in [0.05, 0.1) is 16.6 Å². The number of imidazole rings is 1. The number of aliphatic hydroxyl groups is 1. The topological polar surface area (TPSA) is 74.0 Å². The van der Waals surface area contributed by atoms with E-state index in [1.165, 1.54) is 16.9 Å². The fourth-order valence-corrected chi connectivity index (χ4v) is 3.46. The highest BCUT2D eigenvalue weighted by atomic mass is 35.5. The van der Waals surface area contributed by atoms with E-state index in [9.17, 15) is 5.11 Å². The molecule has 0 aliphatic carbocycles. The second-order valence-corrected chi connectivity index (χ2v) is 7.41. The minimum absolute atomic E-state index is 0.348. The number of aromatic nitrogens is 2. The number of guanidine groups is 1. The summed E-state index contributed by atoms with van der Waals surface area (Å²) in [6, 6.07) is 7.70. The maximum Gasteiger partial charge on any atom is 0.191 e. The van der Waals surface area contributed by atoms with Gasteiger partial charge < -0.3 is 20.1 Å². The van der Waals surface area contributed by atoms with Crippen molar-refractivity contribution >= 4 is 34.5 Å². The number of aliphatic hydroxyl groups excluding tert-OH is 1. The van der Waals surface area contributed by atoms with Crippen LogP contribution in [0.25, 0.3) is 5.65 Å². The lowest BCUT2D eigenvalue weighted by molar-refractivity contribution is 0.184. The molecule has 1 atom stereocenters. The van der Waals surface area contributed by atoms with Crippen LogP contribution in [0.3, 0.4) is 0 Å². The summed E-state index contributed by atoms with van der Waals surface area (Å²) in [5.41, 5.74) is 3.02. The molecule has 0 fully saturated rings. The molecule has 8 heteroatoms. The number of hydrogen-bond acceptors (Lipinski definition) is 4. The average molecular weight is 378 g/mol. The van der Waals surface area contributed by atoms with Gasteiger partial charge in [-0.25, -0.2) is 4.98 Å². The molecule has 3 rings (SSSR count). The molecule has 3 aromatic rings. The van der Waals surface area contributed by atoms with Crippen LogP contribution in [0.1, 0.15) is 22.2 Å². The summed E-state index contributed by atoms with van der Waals surface area (Å²) in [6.45, 7) is 2.94. The standard InChI is InChI=1S/C17H20ClN5OS/c1-11-5-6-23-10-12(22-16(23)7-11)8-20-17(19-2)21-9-13(24)14-3-4-15(18)25-14/h3-7,10,13,24H,8-9H2,1-2H3,(H2,19,20,21). The van der Waals surface area contributed by atoms with Crippen molar-refractivity contribution in [1.29, 1.82) is 0 Å². The van der Waals surface area contributed by atoms with Gasteiger partial charge in [0.1, 0.15) is 11.8 Å². The average Bonchev–Trinajstić information content (AvgIpc) is 3.20. The van der Waals surface area contributed by atoms with E-state index in [-0.39, 0.29) is 0 Å². The molecule has 0 aliphatic heterocycles.